The summed E-state index contributed by atoms with van der Waals surface area (Å²) in [7, 11) is 1.04. The molecule has 102 valence electrons. The molecule has 0 bridgehead atoms. The van der Waals surface area contributed by atoms with E-state index in [1.165, 1.54) is 22.6 Å². The summed E-state index contributed by atoms with van der Waals surface area (Å²) in [4.78, 5) is 3.39. The number of rotatable bonds is 2. The van der Waals surface area contributed by atoms with Crippen LogP contribution in [0.4, 0.5) is 26.3 Å². The molecule has 0 aliphatic heterocycles. The average Bonchev–Trinajstić information content (AvgIpc) is 2.17. The summed E-state index contributed by atoms with van der Waals surface area (Å²) >= 11 is 1.20. The zero-order valence-electron chi connectivity index (χ0n) is 8.49. The summed E-state index contributed by atoms with van der Waals surface area (Å²) in [6, 6.07) is 0.337. The highest BCUT2D eigenvalue weighted by molar-refractivity contribution is 14.1. The van der Waals surface area contributed by atoms with Crippen molar-refractivity contribution in [1.82, 2.24) is 4.98 Å². The second kappa shape index (κ2) is 4.97. The van der Waals surface area contributed by atoms with E-state index in [2.05, 4.69) is 14.5 Å². The first-order valence-electron chi connectivity index (χ1n) is 4.12. The van der Waals surface area contributed by atoms with Gasteiger partial charge < -0.3 is 9.47 Å². The van der Waals surface area contributed by atoms with Crippen molar-refractivity contribution in [3.63, 3.8) is 0 Å². The predicted molar refractivity (Wildman–Crippen MR) is 55.2 cm³/mol. The number of ether oxygens (including phenoxy) is 2. The molecule has 0 saturated heterocycles. The van der Waals surface area contributed by atoms with Crippen molar-refractivity contribution >= 4 is 22.6 Å². The van der Waals surface area contributed by atoms with Crippen LogP contribution >= 0.6 is 22.6 Å². The molecule has 0 radical (unpaired) electrons. The Morgan fingerprint density at radius 1 is 1.17 bits per heavy atom. The fraction of sp³-hybridized carbons (Fsp3) is 0.375. The Labute approximate surface area is 110 Å². The maximum atomic E-state index is 12.6. The second-order valence-electron chi connectivity index (χ2n) is 2.88. The topological polar surface area (TPSA) is 31.4 Å². The van der Waals surface area contributed by atoms with Gasteiger partial charge in [-0.1, -0.05) is 0 Å². The Balaban J connectivity index is 3.39. The molecular formula is C8H4F6INO2. The smallest absolute Gasteiger partial charge is 0.481 e. The van der Waals surface area contributed by atoms with Crippen molar-refractivity contribution in [3.05, 3.63) is 15.3 Å². The molecule has 0 fully saturated rings. The lowest BCUT2D eigenvalue weighted by atomic mass is 10.2. The molecule has 0 unspecified atom stereocenters. The molecule has 0 saturated carbocycles. The van der Waals surface area contributed by atoms with Crippen LogP contribution in [0.1, 0.15) is 5.56 Å². The molecule has 1 rings (SSSR count). The number of hydrogen-bond acceptors (Lipinski definition) is 3. The summed E-state index contributed by atoms with van der Waals surface area (Å²) < 4.78 is 81.0. The molecule has 1 aromatic rings. The molecule has 1 heterocycles. The van der Waals surface area contributed by atoms with E-state index < -0.39 is 33.4 Å². The van der Waals surface area contributed by atoms with Gasteiger partial charge in [0, 0.05) is 6.07 Å². The first-order valence-corrected chi connectivity index (χ1v) is 5.20. The summed E-state index contributed by atoms with van der Waals surface area (Å²) in [5.41, 5.74) is -1.60. The summed E-state index contributed by atoms with van der Waals surface area (Å²) in [6.45, 7) is 0. The Bertz CT molecular complexity index is 444. The number of methoxy groups -OCH3 is 1. The fourth-order valence-electron chi connectivity index (χ4n) is 1.01. The number of hydrogen-bond donors (Lipinski definition) is 0. The first-order chi connectivity index (χ1) is 8.04. The average molecular weight is 387 g/mol. The highest BCUT2D eigenvalue weighted by atomic mass is 127. The van der Waals surface area contributed by atoms with Crippen LogP contribution in [0.3, 0.4) is 0 Å². The number of aromatic nitrogens is 1. The van der Waals surface area contributed by atoms with E-state index >= 15 is 0 Å². The molecule has 1 aromatic heterocycles. The molecule has 0 aliphatic carbocycles. The van der Waals surface area contributed by atoms with Crippen molar-refractivity contribution in [1.29, 1.82) is 0 Å². The van der Waals surface area contributed by atoms with Crippen LogP contribution in [0, 0.1) is 3.70 Å². The van der Waals surface area contributed by atoms with Gasteiger partial charge in [-0.05, 0) is 22.6 Å². The largest absolute Gasteiger partial charge is 0.573 e. The van der Waals surface area contributed by atoms with Gasteiger partial charge in [-0.15, -0.1) is 13.2 Å². The summed E-state index contributed by atoms with van der Waals surface area (Å²) in [6.07, 6.45) is -10.3. The maximum Gasteiger partial charge on any atom is 0.573 e. The van der Waals surface area contributed by atoms with Gasteiger partial charge in [-0.25, -0.2) is 4.98 Å². The van der Waals surface area contributed by atoms with Crippen LogP contribution in [0.25, 0.3) is 0 Å². The van der Waals surface area contributed by atoms with Crippen molar-refractivity contribution in [2.75, 3.05) is 7.11 Å². The molecule has 18 heavy (non-hydrogen) atoms. The van der Waals surface area contributed by atoms with Crippen LogP contribution in [-0.4, -0.2) is 18.5 Å². The van der Waals surface area contributed by atoms with E-state index in [9.17, 15) is 26.3 Å². The zero-order chi connectivity index (χ0) is 14.1. The predicted octanol–water partition coefficient (Wildman–Crippen LogP) is 3.61. The number of halogens is 7. The summed E-state index contributed by atoms with van der Waals surface area (Å²) in [5, 5.41) is 0. The SMILES string of the molecule is COc1cc(C(F)(F)F)c(OC(F)(F)F)c(I)n1. The van der Waals surface area contributed by atoms with Crippen molar-refractivity contribution < 1.29 is 35.8 Å². The third-order valence-electron chi connectivity index (χ3n) is 1.64. The molecule has 0 aliphatic rings. The molecule has 0 atom stereocenters. The molecule has 0 amide bonds. The van der Waals surface area contributed by atoms with E-state index in [1.807, 2.05) is 0 Å². The summed E-state index contributed by atoms with van der Waals surface area (Å²) in [5.74, 6) is -1.85. The Hall–Kier alpha value is -0.940. The minimum Gasteiger partial charge on any atom is -0.481 e. The van der Waals surface area contributed by atoms with Crippen LogP contribution in [0.15, 0.2) is 6.07 Å². The van der Waals surface area contributed by atoms with Gasteiger partial charge >= 0.3 is 12.5 Å². The van der Waals surface area contributed by atoms with Crippen molar-refractivity contribution in [3.8, 4) is 11.6 Å². The van der Waals surface area contributed by atoms with Gasteiger partial charge in [0.25, 0.3) is 0 Å². The number of pyridine rings is 1. The fourth-order valence-corrected chi connectivity index (χ4v) is 1.65. The lowest BCUT2D eigenvalue weighted by Gasteiger charge is -2.16. The molecule has 0 aromatic carbocycles. The Kier molecular flexibility index (Phi) is 4.18. The van der Waals surface area contributed by atoms with E-state index in [-0.39, 0.29) is 0 Å². The molecule has 3 nitrogen and oxygen atoms in total. The highest BCUT2D eigenvalue weighted by Gasteiger charge is 2.41. The van der Waals surface area contributed by atoms with Crippen LogP contribution in [0.5, 0.6) is 11.6 Å². The minimum absolute atomic E-state index is 0.337. The highest BCUT2D eigenvalue weighted by Crippen LogP contribution is 2.41. The quantitative estimate of drug-likeness (QED) is 0.442. The maximum absolute atomic E-state index is 12.6. The Morgan fingerprint density at radius 2 is 1.72 bits per heavy atom. The van der Waals surface area contributed by atoms with Crippen LogP contribution in [0.2, 0.25) is 0 Å². The number of alkyl halides is 6. The molecular weight excluding hydrogens is 383 g/mol. The zero-order valence-corrected chi connectivity index (χ0v) is 10.6. The Morgan fingerprint density at radius 3 is 2.11 bits per heavy atom. The van der Waals surface area contributed by atoms with Gasteiger partial charge in [0.1, 0.15) is 9.26 Å². The third kappa shape index (κ3) is 3.78. The molecule has 10 heteroatoms. The second-order valence-corrected chi connectivity index (χ2v) is 3.90. The van der Waals surface area contributed by atoms with Crippen molar-refractivity contribution in [2.45, 2.75) is 12.5 Å². The van der Waals surface area contributed by atoms with E-state index in [0.717, 1.165) is 7.11 Å². The van der Waals surface area contributed by atoms with Gasteiger partial charge in [0.15, 0.2) is 5.75 Å². The van der Waals surface area contributed by atoms with Gasteiger partial charge in [0.05, 0.1) is 7.11 Å². The lowest BCUT2D eigenvalue weighted by Crippen LogP contribution is -2.21. The van der Waals surface area contributed by atoms with E-state index in [4.69, 9.17) is 0 Å². The van der Waals surface area contributed by atoms with E-state index in [1.54, 1.807) is 0 Å². The number of nitrogens with zero attached hydrogens (tertiary/aromatic N) is 1. The first kappa shape index (κ1) is 15.1. The lowest BCUT2D eigenvalue weighted by molar-refractivity contribution is -0.276. The van der Waals surface area contributed by atoms with Crippen LogP contribution < -0.4 is 9.47 Å². The van der Waals surface area contributed by atoms with Gasteiger partial charge in [0.2, 0.25) is 5.88 Å². The normalized spacial score (nSPS) is 12.4. The van der Waals surface area contributed by atoms with Gasteiger partial charge in [-0.3, -0.25) is 0 Å². The van der Waals surface area contributed by atoms with E-state index in [0.29, 0.717) is 6.07 Å². The molecule has 0 N–H and O–H groups in total. The van der Waals surface area contributed by atoms with Crippen molar-refractivity contribution in [2.24, 2.45) is 0 Å². The standard InChI is InChI=1S/C8H4F6INO2/c1-17-4-2-3(7(9,10)11)5(6(15)16-4)18-8(12,13)14/h2H,1H3. The third-order valence-corrected chi connectivity index (χ3v) is 2.37. The minimum atomic E-state index is -5.24. The van der Waals surface area contributed by atoms with Crippen LogP contribution in [-0.2, 0) is 6.18 Å². The van der Waals surface area contributed by atoms with Gasteiger partial charge in [-0.2, -0.15) is 13.2 Å². The monoisotopic (exact) mass is 387 g/mol. The molecule has 0 spiro atoms.